The van der Waals surface area contributed by atoms with Crippen LogP contribution in [0.2, 0.25) is 0 Å². The zero-order chi connectivity index (χ0) is 15.4. The number of nitrogens with zero attached hydrogens (tertiary/aromatic N) is 2. The number of carboxylic acids is 1. The molecular weight excluding hydrogens is 272 g/mol. The number of carboxylic acid groups (broad SMARTS) is 1. The molecule has 1 saturated heterocycles. The standard InChI is InChI=1S/C15H22N2O4/c1-16(14(19)11-5-2-3-6-11)10-13(18)17-8-4-7-12(9-17)15(20)21/h2-3,11-12H,4-10H2,1H3,(H,20,21). The van der Waals surface area contributed by atoms with Crippen LogP contribution >= 0.6 is 0 Å². The first kappa shape index (κ1) is 15.5. The van der Waals surface area contributed by atoms with Crippen molar-refractivity contribution in [3.63, 3.8) is 0 Å². The third-order valence-corrected chi connectivity index (χ3v) is 4.23. The molecule has 116 valence electrons. The van der Waals surface area contributed by atoms with Gasteiger partial charge in [0.1, 0.15) is 0 Å². The summed E-state index contributed by atoms with van der Waals surface area (Å²) in [6, 6.07) is 0. The summed E-state index contributed by atoms with van der Waals surface area (Å²) in [7, 11) is 1.64. The maximum atomic E-state index is 12.2. The number of hydrogen-bond donors (Lipinski definition) is 1. The van der Waals surface area contributed by atoms with Gasteiger partial charge in [0.05, 0.1) is 12.5 Å². The first-order valence-corrected chi connectivity index (χ1v) is 7.39. The minimum atomic E-state index is -0.853. The fourth-order valence-electron chi connectivity index (χ4n) is 2.92. The Labute approximate surface area is 124 Å². The van der Waals surface area contributed by atoms with E-state index in [4.69, 9.17) is 5.11 Å². The molecule has 21 heavy (non-hydrogen) atoms. The number of carbonyl (C=O) groups excluding carboxylic acids is 2. The molecular formula is C15H22N2O4. The summed E-state index contributed by atoms with van der Waals surface area (Å²) in [5, 5.41) is 9.04. The quantitative estimate of drug-likeness (QED) is 0.776. The third-order valence-electron chi connectivity index (χ3n) is 4.23. The largest absolute Gasteiger partial charge is 0.481 e. The highest BCUT2D eigenvalue weighted by Gasteiger charge is 2.30. The average Bonchev–Trinajstić information content (AvgIpc) is 3.00. The Morgan fingerprint density at radius 2 is 1.90 bits per heavy atom. The average molecular weight is 294 g/mol. The normalized spacial score (nSPS) is 22.3. The molecule has 0 aromatic rings. The Balaban J connectivity index is 1.85. The van der Waals surface area contributed by atoms with E-state index in [2.05, 4.69) is 0 Å². The second-order valence-electron chi connectivity index (χ2n) is 5.85. The van der Waals surface area contributed by atoms with Crippen molar-refractivity contribution in [2.45, 2.75) is 25.7 Å². The number of carbonyl (C=O) groups is 3. The van der Waals surface area contributed by atoms with Gasteiger partial charge in [-0.1, -0.05) is 12.2 Å². The van der Waals surface area contributed by atoms with Gasteiger partial charge in [0.15, 0.2) is 0 Å². The summed E-state index contributed by atoms with van der Waals surface area (Å²) < 4.78 is 0. The monoisotopic (exact) mass is 294 g/mol. The van der Waals surface area contributed by atoms with Crippen LogP contribution in [0.3, 0.4) is 0 Å². The number of piperidine rings is 1. The highest BCUT2D eigenvalue weighted by atomic mass is 16.4. The number of aliphatic carboxylic acids is 1. The van der Waals surface area contributed by atoms with Gasteiger partial charge in [-0.25, -0.2) is 0 Å². The number of rotatable bonds is 4. The van der Waals surface area contributed by atoms with Crippen molar-refractivity contribution in [2.24, 2.45) is 11.8 Å². The van der Waals surface area contributed by atoms with Crippen LogP contribution < -0.4 is 0 Å². The minimum absolute atomic E-state index is 0.0138. The van der Waals surface area contributed by atoms with Crippen LogP contribution in [0.1, 0.15) is 25.7 Å². The molecule has 0 spiro atoms. The van der Waals surface area contributed by atoms with Gasteiger partial charge < -0.3 is 14.9 Å². The Kier molecular flexibility index (Phi) is 4.98. The van der Waals surface area contributed by atoms with E-state index in [-0.39, 0.29) is 30.8 Å². The van der Waals surface area contributed by atoms with Crippen LogP contribution in [0.25, 0.3) is 0 Å². The lowest BCUT2D eigenvalue weighted by Crippen LogP contribution is -2.47. The van der Waals surface area contributed by atoms with E-state index in [9.17, 15) is 14.4 Å². The molecule has 1 atom stereocenters. The Bertz CT molecular complexity index is 453. The van der Waals surface area contributed by atoms with Gasteiger partial charge in [-0.2, -0.15) is 0 Å². The van der Waals surface area contributed by atoms with E-state index in [1.54, 1.807) is 11.9 Å². The van der Waals surface area contributed by atoms with Gasteiger partial charge >= 0.3 is 5.97 Å². The number of hydrogen-bond acceptors (Lipinski definition) is 3. The summed E-state index contributed by atoms with van der Waals surface area (Å²) in [4.78, 5) is 38.4. The summed E-state index contributed by atoms with van der Waals surface area (Å²) >= 11 is 0. The van der Waals surface area contributed by atoms with Crippen LogP contribution in [0.15, 0.2) is 12.2 Å². The molecule has 1 fully saturated rings. The summed E-state index contributed by atoms with van der Waals surface area (Å²) in [5.41, 5.74) is 0. The van der Waals surface area contributed by atoms with Crippen molar-refractivity contribution >= 4 is 17.8 Å². The lowest BCUT2D eigenvalue weighted by atomic mass is 9.98. The van der Waals surface area contributed by atoms with Gasteiger partial charge in [0, 0.05) is 26.1 Å². The molecule has 0 aromatic carbocycles. The number of allylic oxidation sites excluding steroid dienone is 2. The van der Waals surface area contributed by atoms with Crippen molar-refractivity contribution in [3.05, 3.63) is 12.2 Å². The molecule has 1 aliphatic heterocycles. The molecule has 2 aliphatic rings. The van der Waals surface area contributed by atoms with E-state index in [1.807, 2.05) is 12.2 Å². The maximum absolute atomic E-state index is 12.2. The van der Waals surface area contributed by atoms with Crippen molar-refractivity contribution in [3.8, 4) is 0 Å². The third kappa shape index (κ3) is 3.83. The Morgan fingerprint density at radius 3 is 2.52 bits per heavy atom. The van der Waals surface area contributed by atoms with E-state index in [0.717, 1.165) is 12.8 Å². The van der Waals surface area contributed by atoms with Gasteiger partial charge in [-0.05, 0) is 25.7 Å². The van der Waals surface area contributed by atoms with Gasteiger partial charge in [0.25, 0.3) is 0 Å². The van der Waals surface area contributed by atoms with E-state index >= 15 is 0 Å². The zero-order valence-electron chi connectivity index (χ0n) is 12.3. The molecule has 0 aromatic heterocycles. The van der Waals surface area contributed by atoms with E-state index in [0.29, 0.717) is 19.4 Å². The zero-order valence-corrected chi connectivity index (χ0v) is 12.3. The Hall–Kier alpha value is -1.85. The number of amides is 2. The summed E-state index contributed by atoms with van der Waals surface area (Å²) in [6.45, 7) is 0.860. The predicted octanol–water partition coefficient (Wildman–Crippen LogP) is 0.734. The SMILES string of the molecule is CN(CC(=O)N1CCCC(C(=O)O)C1)C(=O)C1CC=CC1. The van der Waals surface area contributed by atoms with E-state index in [1.165, 1.54) is 4.90 Å². The second-order valence-corrected chi connectivity index (χ2v) is 5.85. The molecule has 1 unspecified atom stereocenters. The van der Waals surface area contributed by atoms with Crippen LogP contribution in [0.5, 0.6) is 0 Å². The first-order valence-electron chi connectivity index (χ1n) is 7.39. The molecule has 2 amide bonds. The number of likely N-dealkylation sites (N-methyl/N-ethyl adjacent to an activating group) is 1. The Morgan fingerprint density at radius 1 is 1.24 bits per heavy atom. The predicted molar refractivity (Wildman–Crippen MR) is 76.4 cm³/mol. The molecule has 6 heteroatoms. The van der Waals surface area contributed by atoms with Crippen molar-refractivity contribution in [1.29, 1.82) is 0 Å². The molecule has 6 nitrogen and oxygen atoms in total. The highest BCUT2D eigenvalue weighted by Crippen LogP contribution is 2.20. The molecule has 0 bridgehead atoms. The van der Waals surface area contributed by atoms with Crippen molar-refractivity contribution < 1.29 is 19.5 Å². The summed E-state index contributed by atoms with van der Waals surface area (Å²) in [5.74, 6) is -1.56. The highest BCUT2D eigenvalue weighted by molar-refractivity contribution is 5.86. The van der Waals surface area contributed by atoms with Crippen molar-refractivity contribution in [2.75, 3.05) is 26.7 Å². The van der Waals surface area contributed by atoms with Crippen LogP contribution in [-0.2, 0) is 14.4 Å². The van der Waals surface area contributed by atoms with Gasteiger partial charge in [0.2, 0.25) is 11.8 Å². The fourth-order valence-corrected chi connectivity index (χ4v) is 2.92. The smallest absolute Gasteiger partial charge is 0.308 e. The lowest BCUT2D eigenvalue weighted by molar-refractivity contribution is -0.147. The topological polar surface area (TPSA) is 77.9 Å². The molecule has 2 rings (SSSR count). The van der Waals surface area contributed by atoms with Crippen molar-refractivity contribution in [1.82, 2.24) is 9.80 Å². The molecule has 0 radical (unpaired) electrons. The molecule has 1 heterocycles. The van der Waals surface area contributed by atoms with Gasteiger partial charge in [-0.15, -0.1) is 0 Å². The molecule has 1 N–H and O–H groups in total. The molecule has 1 aliphatic carbocycles. The van der Waals surface area contributed by atoms with Crippen LogP contribution in [-0.4, -0.2) is 59.4 Å². The fraction of sp³-hybridized carbons (Fsp3) is 0.667. The molecule has 0 saturated carbocycles. The summed E-state index contributed by atoms with van der Waals surface area (Å²) in [6.07, 6.45) is 6.76. The minimum Gasteiger partial charge on any atom is -0.481 e. The lowest BCUT2D eigenvalue weighted by Gasteiger charge is -2.32. The van der Waals surface area contributed by atoms with Gasteiger partial charge in [-0.3, -0.25) is 14.4 Å². The van der Waals surface area contributed by atoms with E-state index < -0.39 is 11.9 Å². The van der Waals surface area contributed by atoms with Crippen LogP contribution in [0.4, 0.5) is 0 Å². The maximum Gasteiger partial charge on any atom is 0.308 e. The van der Waals surface area contributed by atoms with Crippen LogP contribution in [0, 0.1) is 11.8 Å². The second kappa shape index (κ2) is 6.74. The number of likely N-dealkylation sites (tertiary alicyclic amines) is 1. The first-order chi connectivity index (χ1) is 9.99.